The van der Waals surface area contributed by atoms with Crippen LogP contribution in [0.2, 0.25) is 0 Å². The third kappa shape index (κ3) is 3.89. The van der Waals surface area contributed by atoms with Gasteiger partial charge >= 0.3 is 5.97 Å². The SMILES string of the molecule is CCc1c(-c2ccc3c(c2)cc(CN2C[C@H]4CC[C@@H](N)[C@H]4C2)n3C)[nH]c(=O)c(C(=O)O)c1O.Cl. The Morgan fingerprint density at radius 1 is 1.24 bits per heavy atom. The van der Waals surface area contributed by atoms with Crippen molar-refractivity contribution in [1.82, 2.24) is 14.5 Å². The van der Waals surface area contributed by atoms with Crippen LogP contribution < -0.4 is 11.3 Å². The normalized spacial score (nSPS) is 22.1. The van der Waals surface area contributed by atoms with Gasteiger partial charge in [0.1, 0.15) is 5.75 Å². The van der Waals surface area contributed by atoms with E-state index in [9.17, 15) is 19.8 Å². The Labute approximate surface area is 203 Å². The van der Waals surface area contributed by atoms with Crippen LogP contribution in [0.15, 0.2) is 29.1 Å². The van der Waals surface area contributed by atoms with Gasteiger partial charge in [-0.2, -0.15) is 0 Å². The van der Waals surface area contributed by atoms with Gasteiger partial charge in [-0.25, -0.2) is 4.79 Å². The van der Waals surface area contributed by atoms with Crippen molar-refractivity contribution in [3.63, 3.8) is 0 Å². The Morgan fingerprint density at radius 3 is 2.68 bits per heavy atom. The second-order valence-electron chi connectivity index (χ2n) is 9.52. The lowest BCUT2D eigenvalue weighted by Crippen LogP contribution is -2.30. The number of aromatic hydroxyl groups is 1. The van der Waals surface area contributed by atoms with Crippen LogP contribution in [0.4, 0.5) is 0 Å². The van der Waals surface area contributed by atoms with Crippen LogP contribution >= 0.6 is 12.4 Å². The number of hydrogen-bond acceptors (Lipinski definition) is 5. The monoisotopic (exact) mass is 486 g/mol. The van der Waals surface area contributed by atoms with Crippen molar-refractivity contribution in [3.8, 4) is 17.0 Å². The van der Waals surface area contributed by atoms with E-state index in [4.69, 9.17) is 5.73 Å². The summed E-state index contributed by atoms with van der Waals surface area (Å²) in [6.07, 6.45) is 2.76. The van der Waals surface area contributed by atoms with E-state index in [1.807, 2.05) is 25.1 Å². The number of benzene rings is 1. The Balaban J connectivity index is 0.00000274. The first-order valence-corrected chi connectivity index (χ1v) is 11.6. The molecule has 182 valence electrons. The maximum Gasteiger partial charge on any atom is 0.345 e. The van der Waals surface area contributed by atoms with Gasteiger partial charge in [0.25, 0.3) is 5.56 Å². The molecule has 1 aliphatic carbocycles. The predicted octanol–water partition coefficient (Wildman–Crippen LogP) is 3.09. The number of aromatic carboxylic acids is 1. The number of hydrogen-bond donors (Lipinski definition) is 4. The average Bonchev–Trinajstić information content (AvgIpc) is 3.42. The van der Waals surface area contributed by atoms with E-state index >= 15 is 0 Å². The molecule has 1 saturated heterocycles. The number of pyridine rings is 1. The molecule has 1 aliphatic heterocycles. The minimum Gasteiger partial charge on any atom is -0.506 e. The van der Waals surface area contributed by atoms with Crippen LogP contribution in [-0.4, -0.2) is 49.8 Å². The largest absolute Gasteiger partial charge is 0.506 e. The van der Waals surface area contributed by atoms with E-state index in [-0.39, 0.29) is 12.4 Å². The van der Waals surface area contributed by atoms with Gasteiger partial charge in [0.15, 0.2) is 5.56 Å². The maximum atomic E-state index is 12.3. The summed E-state index contributed by atoms with van der Waals surface area (Å²) < 4.78 is 2.20. The number of aromatic nitrogens is 2. The number of halogens is 1. The zero-order chi connectivity index (χ0) is 23.4. The van der Waals surface area contributed by atoms with Gasteiger partial charge in [-0.15, -0.1) is 12.4 Å². The minimum absolute atomic E-state index is 0. The molecule has 0 bridgehead atoms. The molecule has 0 unspecified atom stereocenters. The molecular weight excluding hydrogens is 456 g/mol. The van der Waals surface area contributed by atoms with E-state index in [2.05, 4.69) is 27.6 Å². The van der Waals surface area contributed by atoms with Crippen molar-refractivity contribution in [2.45, 2.75) is 38.8 Å². The van der Waals surface area contributed by atoms with E-state index < -0.39 is 22.8 Å². The number of likely N-dealkylation sites (tertiary alicyclic amines) is 1. The summed E-state index contributed by atoms with van der Waals surface area (Å²) in [4.78, 5) is 28.9. The molecule has 2 aromatic heterocycles. The smallest absolute Gasteiger partial charge is 0.345 e. The Bertz CT molecular complexity index is 1310. The van der Waals surface area contributed by atoms with Crippen molar-refractivity contribution in [2.75, 3.05) is 13.1 Å². The minimum atomic E-state index is -1.44. The van der Waals surface area contributed by atoms with Crippen LogP contribution in [0.3, 0.4) is 0 Å². The molecule has 0 amide bonds. The predicted molar refractivity (Wildman–Crippen MR) is 134 cm³/mol. The summed E-state index contributed by atoms with van der Waals surface area (Å²) in [5.74, 6) is -0.579. The first kappa shape index (κ1) is 24.3. The highest BCUT2D eigenvalue weighted by atomic mass is 35.5. The van der Waals surface area contributed by atoms with Crippen LogP contribution in [0, 0.1) is 11.8 Å². The third-order valence-corrected chi connectivity index (χ3v) is 7.66. The second kappa shape index (κ2) is 9.09. The lowest BCUT2D eigenvalue weighted by atomic mass is 9.98. The summed E-state index contributed by atoms with van der Waals surface area (Å²) in [5.41, 5.74) is 8.79. The van der Waals surface area contributed by atoms with Crippen LogP contribution in [0.5, 0.6) is 5.75 Å². The van der Waals surface area contributed by atoms with Gasteiger partial charge in [0, 0.05) is 54.9 Å². The van der Waals surface area contributed by atoms with Gasteiger partial charge in [-0.05, 0) is 54.9 Å². The van der Waals surface area contributed by atoms with Crippen molar-refractivity contribution >= 4 is 29.3 Å². The number of carbonyl (C=O) groups is 1. The molecule has 9 heteroatoms. The number of nitrogens with one attached hydrogen (secondary N) is 1. The number of aryl methyl sites for hydroxylation is 1. The lowest BCUT2D eigenvalue weighted by Gasteiger charge is -2.18. The summed E-state index contributed by atoms with van der Waals surface area (Å²) in [6, 6.07) is 8.38. The van der Waals surface area contributed by atoms with E-state index in [1.165, 1.54) is 12.1 Å². The molecule has 3 atom stereocenters. The quantitative estimate of drug-likeness (QED) is 0.439. The van der Waals surface area contributed by atoms with Crippen molar-refractivity contribution in [3.05, 3.63) is 51.4 Å². The first-order valence-electron chi connectivity index (χ1n) is 11.6. The summed E-state index contributed by atoms with van der Waals surface area (Å²) in [7, 11) is 2.06. The van der Waals surface area contributed by atoms with Gasteiger partial charge in [-0.3, -0.25) is 9.69 Å². The lowest BCUT2D eigenvalue weighted by molar-refractivity contribution is 0.0691. The van der Waals surface area contributed by atoms with Crippen molar-refractivity contribution in [2.24, 2.45) is 24.6 Å². The second-order valence-corrected chi connectivity index (χ2v) is 9.52. The molecule has 1 aromatic carbocycles. The summed E-state index contributed by atoms with van der Waals surface area (Å²) >= 11 is 0. The van der Waals surface area contributed by atoms with Crippen LogP contribution in [-0.2, 0) is 20.0 Å². The number of rotatable bonds is 5. The Kier molecular flexibility index (Phi) is 6.50. The van der Waals surface area contributed by atoms with Crippen LogP contribution in [0.25, 0.3) is 22.2 Å². The Morgan fingerprint density at radius 2 is 2.00 bits per heavy atom. The molecule has 3 heterocycles. The van der Waals surface area contributed by atoms with Crippen LogP contribution in [0.1, 0.15) is 41.4 Å². The molecule has 0 radical (unpaired) electrons. The molecule has 3 aromatic rings. The molecule has 1 saturated carbocycles. The zero-order valence-corrected chi connectivity index (χ0v) is 20.2. The van der Waals surface area contributed by atoms with Gasteiger partial charge < -0.3 is 25.5 Å². The molecular formula is C25H31ClN4O4. The fraction of sp³-hybridized carbons (Fsp3) is 0.440. The highest BCUT2D eigenvalue weighted by molar-refractivity contribution is 5.92. The molecule has 2 aliphatic rings. The molecule has 8 nitrogen and oxygen atoms in total. The number of H-pyrrole nitrogens is 1. The average molecular weight is 487 g/mol. The van der Waals surface area contributed by atoms with E-state index in [0.717, 1.165) is 42.5 Å². The number of nitrogens with zero attached hydrogens (tertiary/aromatic N) is 2. The molecule has 5 rings (SSSR count). The van der Waals surface area contributed by atoms with Gasteiger partial charge in [-0.1, -0.05) is 13.0 Å². The molecule has 5 N–H and O–H groups in total. The zero-order valence-electron chi connectivity index (χ0n) is 19.4. The van der Waals surface area contributed by atoms with Gasteiger partial charge in [0.05, 0.1) is 5.69 Å². The number of fused-ring (bicyclic) bond motifs is 2. The molecule has 34 heavy (non-hydrogen) atoms. The fourth-order valence-corrected chi connectivity index (χ4v) is 5.89. The van der Waals surface area contributed by atoms with Crippen molar-refractivity contribution in [1.29, 1.82) is 0 Å². The van der Waals surface area contributed by atoms with Gasteiger partial charge in [0.2, 0.25) is 0 Å². The number of carboxylic acids is 1. The van der Waals surface area contributed by atoms with Crippen molar-refractivity contribution < 1.29 is 15.0 Å². The molecule has 2 fully saturated rings. The summed E-state index contributed by atoms with van der Waals surface area (Å²) in [5, 5.41) is 20.8. The number of nitrogens with two attached hydrogens (primary N) is 1. The Hall–Kier alpha value is -2.81. The van der Waals surface area contributed by atoms with E-state index in [0.29, 0.717) is 35.6 Å². The highest BCUT2D eigenvalue weighted by Gasteiger charge is 2.40. The number of aromatic amines is 1. The third-order valence-electron chi connectivity index (χ3n) is 7.66. The standard InChI is InChI=1S/C25H30N4O4.ClH/c1-3-17-22(27-24(31)21(23(17)30)25(32)33)13-5-7-20-15(8-13)9-16(28(20)2)11-29-10-14-4-6-19(26)18(14)12-29;/h5,7-9,14,18-19H,3-4,6,10-12,26H2,1-2H3,(H,32,33)(H2,27,30,31);1H/t14-,18+,19-;/m1./s1. The number of carboxylic acid groups (broad SMARTS) is 1. The summed E-state index contributed by atoms with van der Waals surface area (Å²) in [6.45, 7) is 4.83. The van der Waals surface area contributed by atoms with E-state index in [1.54, 1.807) is 0 Å². The maximum absolute atomic E-state index is 12.3. The highest BCUT2D eigenvalue weighted by Crippen LogP contribution is 2.38. The fourth-order valence-electron chi connectivity index (χ4n) is 5.89. The first-order chi connectivity index (χ1) is 15.8. The molecule has 0 spiro atoms. The topological polar surface area (TPSA) is 125 Å².